The second-order valence-corrected chi connectivity index (χ2v) is 5.32. The lowest BCUT2D eigenvalue weighted by atomic mass is 10.1. The molecule has 0 unspecified atom stereocenters. The first kappa shape index (κ1) is 15.7. The van der Waals surface area contributed by atoms with Crippen LogP contribution in [0.25, 0.3) is 11.8 Å². The molecule has 4 nitrogen and oxygen atoms in total. The Labute approximate surface area is 139 Å². The van der Waals surface area contributed by atoms with Gasteiger partial charge in [-0.2, -0.15) is 8.78 Å². The predicted octanol–water partition coefficient (Wildman–Crippen LogP) is 4.66. The third-order valence-corrected chi connectivity index (χ3v) is 3.67. The molecule has 1 aliphatic rings. The number of nitrogens with zero attached hydrogens (tertiary/aromatic N) is 1. The molecule has 0 amide bonds. The first-order valence-electron chi connectivity index (χ1n) is 6.28. The highest BCUT2D eigenvalue weighted by Crippen LogP contribution is 2.36. The molecule has 23 heavy (non-hydrogen) atoms. The van der Waals surface area contributed by atoms with Crippen LogP contribution in [0.15, 0.2) is 30.6 Å². The van der Waals surface area contributed by atoms with E-state index < -0.39 is 12.6 Å². The van der Waals surface area contributed by atoms with Crippen molar-refractivity contribution in [2.45, 2.75) is 6.61 Å². The van der Waals surface area contributed by atoms with Crippen molar-refractivity contribution in [3.05, 3.63) is 57.3 Å². The SMILES string of the molecule is O=C1OC(=Cc2c(Cl)cncc2Cl)c2ccc(OC(F)F)cc21. The van der Waals surface area contributed by atoms with E-state index in [4.69, 9.17) is 27.9 Å². The number of alkyl halides is 2. The number of benzene rings is 1. The second kappa shape index (κ2) is 6.14. The molecule has 0 bridgehead atoms. The number of hydrogen-bond donors (Lipinski definition) is 0. The highest BCUT2D eigenvalue weighted by Gasteiger charge is 2.28. The molecule has 0 spiro atoms. The molecule has 0 radical (unpaired) electrons. The van der Waals surface area contributed by atoms with Gasteiger partial charge in [-0.15, -0.1) is 0 Å². The normalized spacial score (nSPS) is 15.0. The Bertz CT molecular complexity index is 804. The van der Waals surface area contributed by atoms with Gasteiger partial charge in [-0.25, -0.2) is 4.79 Å². The molecule has 8 heteroatoms. The Hall–Kier alpha value is -2.18. The van der Waals surface area contributed by atoms with Crippen LogP contribution >= 0.6 is 23.2 Å². The number of rotatable bonds is 3. The number of esters is 1. The molecule has 0 atom stereocenters. The number of carbonyl (C=O) groups excluding carboxylic acids is 1. The number of hydrogen-bond acceptors (Lipinski definition) is 4. The quantitative estimate of drug-likeness (QED) is 0.749. The molecule has 1 aliphatic heterocycles. The molecular weight excluding hydrogens is 351 g/mol. The molecule has 0 saturated carbocycles. The minimum absolute atomic E-state index is 0.121. The summed E-state index contributed by atoms with van der Waals surface area (Å²) in [6, 6.07) is 3.96. The summed E-state index contributed by atoms with van der Waals surface area (Å²) < 4.78 is 33.9. The molecule has 0 aliphatic carbocycles. The lowest BCUT2D eigenvalue weighted by Crippen LogP contribution is -2.03. The van der Waals surface area contributed by atoms with Crippen molar-refractivity contribution in [2.75, 3.05) is 0 Å². The van der Waals surface area contributed by atoms with Gasteiger partial charge in [0.15, 0.2) is 0 Å². The average Bonchev–Trinajstić information content (AvgIpc) is 2.79. The molecule has 1 aromatic carbocycles. The Morgan fingerprint density at radius 1 is 1.17 bits per heavy atom. The summed E-state index contributed by atoms with van der Waals surface area (Å²) in [6.45, 7) is -2.98. The van der Waals surface area contributed by atoms with Gasteiger partial charge in [-0.1, -0.05) is 23.2 Å². The van der Waals surface area contributed by atoms with Crippen LogP contribution in [-0.4, -0.2) is 17.6 Å². The van der Waals surface area contributed by atoms with E-state index >= 15 is 0 Å². The monoisotopic (exact) mass is 357 g/mol. The lowest BCUT2D eigenvalue weighted by Gasteiger charge is -2.05. The molecule has 0 fully saturated rings. The fraction of sp³-hybridized carbons (Fsp3) is 0.0667. The number of halogens is 4. The van der Waals surface area contributed by atoms with Crippen molar-refractivity contribution in [2.24, 2.45) is 0 Å². The number of fused-ring (bicyclic) bond motifs is 1. The summed E-state index contributed by atoms with van der Waals surface area (Å²) in [6.07, 6.45) is 4.29. The third-order valence-electron chi connectivity index (χ3n) is 3.07. The minimum Gasteiger partial charge on any atom is -0.435 e. The van der Waals surface area contributed by atoms with Gasteiger partial charge < -0.3 is 9.47 Å². The number of pyridine rings is 1. The van der Waals surface area contributed by atoms with Gasteiger partial charge in [-0.3, -0.25) is 4.98 Å². The van der Waals surface area contributed by atoms with Crippen molar-refractivity contribution in [3.8, 4) is 5.75 Å². The van der Waals surface area contributed by atoms with Gasteiger partial charge in [0.1, 0.15) is 11.5 Å². The van der Waals surface area contributed by atoms with E-state index in [1.807, 2.05) is 0 Å². The Kier molecular flexibility index (Phi) is 4.19. The van der Waals surface area contributed by atoms with E-state index in [0.29, 0.717) is 11.1 Å². The van der Waals surface area contributed by atoms with Gasteiger partial charge in [0, 0.05) is 23.5 Å². The second-order valence-electron chi connectivity index (χ2n) is 4.50. The number of ether oxygens (including phenoxy) is 2. The summed E-state index contributed by atoms with van der Waals surface area (Å²) >= 11 is 12.0. The average molecular weight is 358 g/mol. The highest BCUT2D eigenvalue weighted by atomic mass is 35.5. The maximum atomic E-state index is 12.2. The molecule has 3 rings (SSSR count). The van der Waals surface area contributed by atoms with Crippen LogP contribution in [0, 0.1) is 0 Å². The van der Waals surface area contributed by atoms with E-state index in [1.54, 1.807) is 0 Å². The maximum Gasteiger partial charge on any atom is 0.387 e. The number of cyclic esters (lactones) is 1. The fourth-order valence-electron chi connectivity index (χ4n) is 2.09. The molecule has 1 aromatic heterocycles. The smallest absolute Gasteiger partial charge is 0.387 e. The standard InChI is InChI=1S/C15H7Cl2F2NO3/c16-11-5-20-6-12(17)10(11)4-13-8-2-1-7(22-15(18)19)3-9(8)14(21)23-13/h1-6,15H. The summed E-state index contributed by atoms with van der Waals surface area (Å²) in [7, 11) is 0. The highest BCUT2D eigenvalue weighted by molar-refractivity contribution is 6.37. The summed E-state index contributed by atoms with van der Waals surface area (Å²) in [5.74, 6) is -0.590. The van der Waals surface area contributed by atoms with Crippen molar-refractivity contribution in [3.63, 3.8) is 0 Å². The third kappa shape index (κ3) is 3.13. The van der Waals surface area contributed by atoms with Crippen LogP contribution in [0.2, 0.25) is 10.0 Å². The minimum atomic E-state index is -2.98. The van der Waals surface area contributed by atoms with E-state index in [9.17, 15) is 13.6 Å². The van der Waals surface area contributed by atoms with Crippen LogP contribution in [0.1, 0.15) is 21.5 Å². The van der Waals surface area contributed by atoms with Crippen LogP contribution in [0.4, 0.5) is 8.78 Å². The maximum absolute atomic E-state index is 12.2. The van der Waals surface area contributed by atoms with E-state index in [1.165, 1.54) is 36.7 Å². The topological polar surface area (TPSA) is 48.4 Å². The van der Waals surface area contributed by atoms with E-state index in [0.717, 1.165) is 0 Å². The van der Waals surface area contributed by atoms with Crippen LogP contribution in [0.5, 0.6) is 5.75 Å². The molecule has 118 valence electrons. The summed E-state index contributed by atoms with van der Waals surface area (Å²) in [4.78, 5) is 15.7. The number of aromatic nitrogens is 1. The fourth-order valence-corrected chi connectivity index (χ4v) is 2.56. The van der Waals surface area contributed by atoms with Gasteiger partial charge in [0.05, 0.1) is 15.6 Å². The van der Waals surface area contributed by atoms with Crippen LogP contribution < -0.4 is 4.74 Å². The van der Waals surface area contributed by atoms with Crippen molar-refractivity contribution in [1.82, 2.24) is 4.98 Å². The van der Waals surface area contributed by atoms with E-state index in [2.05, 4.69) is 9.72 Å². The van der Waals surface area contributed by atoms with Crippen molar-refractivity contribution in [1.29, 1.82) is 0 Å². The lowest BCUT2D eigenvalue weighted by molar-refractivity contribution is -0.0499. The summed E-state index contributed by atoms with van der Waals surface area (Å²) in [5, 5.41) is 0.569. The Morgan fingerprint density at radius 3 is 2.52 bits per heavy atom. The first-order valence-corrected chi connectivity index (χ1v) is 7.03. The van der Waals surface area contributed by atoms with Gasteiger partial charge in [0.2, 0.25) is 0 Å². The zero-order valence-electron chi connectivity index (χ0n) is 11.2. The zero-order chi connectivity index (χ0) is 16.6. The molecule has 0 saturated heterocycles. The van der Waals surface area contributed by atoms with Gasteiger partial charge >= 0.3 is 12.6 Å². The molecule has 0 N–H and O–H groups in total. The van der Waals surface area contributed by atoms with Crippen LogP contribution in [-0.2, 0) is 4.74 Å². The van der Waals surface area contributed by atoms with E-state index in [-0.39, 0.29) is 27.1 Å². The first-order chi connectivity index (χ1) is 11.0. The van der Waals surface area contributed by atoms with Crippen molar-refractivity contribution >= 4 is 41.0 Å². The molecular formula is C15H7Cl2F2NO3. The van der Waals surface area contributed by atoms with Gasteiger partial charge in [0.25, 0.3) is 0 Å². The molecule has 2 heterocycles. The van der Waals surface area contributed by atoms with Crippen LogP contribution in [0.3, 0.4) is 0 Å². The Balaban J connectivity index is 2.03. The predicted molar refractivity (Wildman–Crippen MR) is 80.6 cm³/mol. The molecule has 2 aromatic rings. The van der Waals surface area contributed by atoms with Crippen molar-refractivity contribution < 1.29 is 23.0 Å². The largest absolute Gasteiger partial charge is 0.435 e. The van der Waals surface area contributed by atoms with Gasteiger partial charge in [-0.05, 0) is 24.3 Å². The zero-order valence-corrected chi connectivity index (χ0v) is 12.7. The number of carbonyl (C=O) groups is 1. The summed E-state index contributed by atoms with van der Waals surface area (Å²) in [5.41, 5.74) is 0.989. The Morgan fingerprint density at radius 2 is 1.87 bits per heavy atom.